The van der Waals surface area contributed by atoms with Crippen molar-refractivity contribution < 1.29 is 4.39 Å². The molecule has 2 aromatic rings. The van der Waals surface area contributed by atoms with E-state index in [0.29, 0.717) is 6.54 Å². The van der Waals surface area contributed by atoms with E-state index in [9.17, 15) is 4.39 Å². The molecule has 4 nitrogen and oxygen atoms in total. The minimum Gasteiger partial charge on any atom is -0.305 e. The van der Waals surface area contributed by atoms with Crippen molar-refractivity contribution in [3.63, 3.8) is 0 Å². The Hall–Kier alpha value is -1.88. The van der Waals surface area contributed by atoms with Crippen LogP contribution in [0.25, 0.3) is 0 Å². The third kappa shape index (κ3) is 3.29. The van der Waals surface area contributed by atoms with Crippen LogP contribution in [0, 0.1) is 5.82 Å². The topological polar surface area (TPSA) is 50.7 Å². The molecule has 0 aliphatic rings. The summed E-state index contributed by atoms with van der Waals surface area (Å²) in [6.07, 6.45) is 6.05. The molecule has 17 heavy (non-hydrogen) atoms. The van der Waals surface area contributed by atoms with Crippen molar-refractivity contribution in [2.45, 2.75) is 19.5 Å². The highest BCUT2D eigenvalue weighted by molar-refractivity contribution is 5.14. The van der Waals surface area contributed by atoms with Gasteiger partial charge in [0.15, 0.2) is 0 Å². The highest BCUT2D eigenvalue weighted by Gasteiger charge is 2.06. The minimum atomic E-state index is -0.321. The quantitative estimate of drug-likeness (QED) is 0.874. The van der Waals surface area contributed by atoms with Gasteiger partial charge in [0.25, 0.3) is 0 Å². The van der Waals surface area contributed by atoms with Crippen LogP contribution in [0.3, 0.4) is 0 Å². The van der Waals surface area contributed by atoms with Crippen LogP contribution in [-0.4, -0.2) is 15.0 Å². The first-order valence-corrected chi connectivity index (χ1v) is 5.34. The van der Waals surface area contributed by atoms with Crippen molar-refractivity contribution in [2.75, 3.05) is 0 Å². The maximum Gasteiger partial charge on any atom is 0.141 e. The lowest BCUT2D eigenvalue weighted by Gasteiger charge is -2.13. The lowest BCUT2D eigenvalue weighted by atomic mass is 10.1. The number of pyridine rings is 1. The molecule has 5 heteroatoms. The zero-order chi connectivity index (χ0) is 12.1. The second kappa shape index (κ2) is 5.45. The zero-order valence-corrected chi connectivity index (χ0v) is 9.47. The first-order chi connectivity index (χ1) is 8.25. The van der Waals surface area contributed by atoms with E-state index < -0.39 is 0 Å². The third-order valence-corrected chi connectivity index (χ3v) is 2.46. The molecule has 0 radical (unpaired) electrons. The molecule has 0 aliphatic heterocycles. The third-order valence-electron chi connectivity index (χ3n) is 2.46. The summed E-state index contributed by atoms with van der Waals surface area (Å²) in [5.74, 6) is -0.321. The normalized spacial score (nSPS) is 12.4. The van der Waals surface area contributed by atoms with Gasteiger partial charge < -0.3 is 5.32 Å². The van der Waals surface area contributed by atoms with Crippen LogP contribution in [0.5, 0.6) is 0 Å². The summed E-state index contributed by atoms with van der Waals surface area (Å²) in [5.41, 5.74) is 1.72. The average molecular weight is 232 g/mol. The zero-order valence-electron chi connectivity index (χ0n) is 9.47. The molecule has 0 saturated carbocycles. The standard InChI is InChI=1S/C12H13FN4/c1-9(10-4-11(13)6-15-5-10)16-7-12-2-3-14-8-17-12/h2-6,8-9,16H,7H2,1H3. The SMILES string of the molecule is CC(NCc1ccncn1)c1cncc(F)c1. The first kappa shape index (κ1) is 11.6. The highest BCUT2D eigenvalue weighted by Crippen LogP contribution is 2.12. The van der Waals surface area contributed by atoms with Gasteiger partial charge in [-0.25, -0.2) is 14.4 Å². The first-order valence-electron chi connectivity index (χ1n) is 5.34. The Labute approximate surface area is 99.0 Å². The summed E-state index contributed by atoms with van der Waals surface area (Å²) in [6.45, 7) is 2.57. The molecule has 0 saturated heterocycles. The van der Waals surface area contributed by atoms with E-state index in [1.54, 1.807) is 12.4 Å². The molecule has 0 amide bonds. The van der Waals surface area contributed by atoms with Gasteiger partial charge in [-0.3, -0.25) is 4.98 Å². The molecule has 1 unspecified atom stereocenters. The van der Waals surface area contributed by atoms with E-state index in [1.165, 1.54) is 18.6 Å². The second-order valence-corrected chi connectivity index (χ2v) is 3.74. The van der Waals surface area contributed by atoms with E-state index in [-0.39, 0.29) is 11.9 Å². The van der Waals surface area contributed by atoms with Crippen molar-refractivity contribution in [1.29, 1.82) is 0 Å². The van der Waals surface area contributed by atoms with Crippen molar-refractivity contribution in [1.82, 2.24) is 20.3 Å². The van der Waals surface area contributed by atoms with E-state index in [0.717, 1.165) is 11.3 Å². The van der Waals surface area contributed by atoms with Crippen molar-refractivity contribution in [2.24, 2.45) is 0 Å². The van der Waals surface area contributed by atoms with E-state index in [4.69, 9.17) is 0 Å². The molecule has 1 atom stereocenters. The molecule has 1 N–H and O–H groups in total. The molecule has 0 aliphatic carbocycles. The van der Waals surface area contributed by atoms with Crippen molar-refractivity contribution >= 4 is 0 Å². The fourth-order valence-electron chi connectivity index (χ4n) is 1.46. The molecular weight excluding hydrogens is 219 g/mol. The minimum absolute atomic E-state index is 0.0214. The van der Waals surface area contributed by atoms with E-state index >= 15 is 0 Å². The van der Waals surface area contributed by atoms with Crippen molar-refractivity contribution in [3.8, 4) is 0 Å². The molecular formula is C12H13FN4. The smallest absolute Gasteiger partial charge is 0.141 e. The van der Waals surface area contributed by atoms with Gasteiger partial charge in [0, 0.05) is 25.0 Å². The number of hydrogen-bond acceptors (Lipinski definition) is 4. The van der Waals surface area contributed by atoms with Crippen LogP contribution in [0.15, 0.2) is 37.1 Å². The molecule has 2 heterocycles. The average Bonchev–Trinajstić information content (AvgIpc) is 2.37. The van der Waals surface area contributed by atoms with Gasteiger partial charge in [-0.15, -0.1) is 0 Å². The summed E-state index contributed by atoms with van der Waals surface area (Å²) in [7, 11) is 0. The fourth-order valence-corrected chi connectivity index (χ4v) is 1.46. The largest absolute Gasteiger partial charge is 0.305 e. The summed E-state index contributed by atoms with van der Waals surface area (Å²) >= 11 is 0. The highest BCUT2D eigenvalue weighted by atomic mass is 19.1. The van der Waals surface area contributed by atoms with Crippen LogP contribution < -0.4 is 5.32 Å². The predicted molar refractivity (Wildman–Crippen MR) is 61.5 cm³/mol. The van der Waals surface area contributed by atoms with Gasteiger partial charge in [0.2, 0.25) is 0 Å². The number of halogens is 1. The van der Waals surface area contributed by atoms with Crippen LogP contribution >= 0.6 is 0 Å². The fraction of sp³-hybridized carbons (Fsp3) is 0.250. The number of aromatic nitrogens is 3. The molecule has 0 aromatic carbocycles. The van der Waals surface area contributed by atoms with Gasteiger partial charge in [-0.1, -0.05) is 0 Å². The lowest BCUT2D eigenvalue weighted by molar-refractivity contribution is 0.555. The number of rotatable bonds is 4. The molecule has 88 valence electrons. The van der Waals surface area contributed by atoms with Crippen LogP contribution in [0.1, 0.15) is 24.2 Å². The Kier molecular flexibility index (Phi) is 3.72. The van der Waals surface area contributed by atoms with Gasteiger partial charge >= 0.3 is 0 Å². The predicted octanol–water partition coefficient (Wildman–Crippen LogP) is 1.86. The van der Waals surface area contributed by atoms with Crippen molar-refractivity contribution in [3.05, 3.63) is 54.1 Å². The Morgan fingerprint density at radius 2 is 2.24 bits per heavy atom. The van der Waals surface area contributed by atoms with Gasteiger partial charge in [-0.2, -0.15) is 0 Å². The monoisotopic (exact) mass is 232 g/mol. The van der Waals surface area contributed by atoms with E-state index in [1.807, 2.05) is 13.0 Å². The number of nitrogens with one attached hydrogen (secondary N) is 1. The summed E-state index contributed by atoms with van der Waals surface area (Å²) in [5, 5.41) is 3.25. The molecule has 0 fully saturated rings. The Morgan fingerprint density at radius 3 is 2.94 bits per heavy atom. The lowest BCUT2D eigenvalue weighted by Crippen LogP contribution is -2.19. The van der Waals surface area contributed by atoms with Gasteiger partial charge in [0.05, 0.1) is 11.9 Å². The molecule has 2 rings (SSSR count). The Morgan fingerprint density at radius 1 is 1.35 bits per heavy atom. The Balaban J connectivity index is 1.96. The summed E-state index contributed by atoms with van der Waals surface area (Å²) < 4.78 is 13.0. The Bertz CT molecular complexity index is 475. The van der Waals surface area contributed by atoms with E-state index in [2.05, 4.69) is 20.3 Å². The second-order valence-electron chi connectivity index (χ2n) is 3.74. The molecule has 2 aromatic heterocycles. The van der Waals surface area contributed by atoms with Gasteiger partial charge in [-0.05, 0) is 24.6 Å². The number of hydrogen-bond donors (Lipinski definition) is 1. The molecule has 0 bridgehead atoms. The summed E-state index contributed by atoms with van der Waals surface area (Å²) in [6, 6.07) is 3.34. The van der Waals surface area contributed by atoms with Gasteiger partial charge in [0.1, 0.15) is 12.1 Å². The van der Waals surface area contributed by atoms with Crippen LogP contribution in [-0.2, 0) is 6.54 Å². The summed E-state index contributed by atoms with van der Waals surface area (Å²) in [4.78, 5) is 11.8. The number of nitrogens with zero attached hydrogens (tertiary/aromatic N) is 3. The maximum absolute atomic E-state index is 13.0. The van der Waals surface area contributed by atoms with Crippen LogP contribution in [0.2, 0.25) is 0 Å². The van der Waals surface area contributed by atoms with Crippen LogP contribution in [0.4, 0.5) is 4.39 Å². The maximum atomic E-state index is 13.0. The molecule has 0 spiro atoms.